The molecule has 1 aromatic heterocycles. The number of rotatable bonds is 13. The average molecular weight is 614 g/mol. The van der Waals surface area contributed by atoms with E-state index in [1.165, 1.54) is 49.7 Å². The van der Waals surface area contributed by atoms with Crippen molar-refractivity contribution in [2.75, 3.05) is 24.4 Å². The van der Waals surface area contributed by atoms with Crippen molar-refractivity contribution in [2.24, 2.45) is 5.41 Å². The van der Waals surface area contributed by atoms with Crippen LogP contribution in [0.4, 0.5) is 20.2 Å². The molecule has 1 fully saturated rings. The fraction of sp³-hybridized carbons (Fsp3) is 0.250. The van der Waals surface area contributed by atoms with Crippen molar-refractivity contribution in [1.29, 1.82) is 0 Å². The molecule has 2 amide bonds. The molecule has 1 heterocycles. The summed E-state index contributed by atoms with van der Waals surface area (Å²) in [4.78, 5) is 40.8. The Morgan fingerprint density at radius 1 is 0.889 bits per heavy atom. The Morgan fingerprint density at radius 3 is 2.22 bits per heavy atom. The predicted octanol–water partition coefficient (Wildman–Crippen LogP) is 3.42. The van der Waals surface area contributed by atoms with Gasteiger partial charge in [-0.1, -0.05) is 0 Å². The third kappa shape index (κ3) is 7.90. The van der Waals surface area contributed by atoms with Gasteiger partial charge in [0.2, 0.25) is 11.8 Å². The maximum atomic E-state index is 15.2. The minimum absolute atomic E-state index is 0. The van der Waals surface area contributed by atoms with E-state index in [9.17, 15) is 18.8 Å². The van der Waals surface area contributed by atoms with Crippen molar-refractivity contribution in [3.05, 3.63) is 78.5 Å². The molecule has 1 aliphatic carbocycles. The molecule has 0 spiro atoms. The molecule has 0 aliphatic heterocycles. The average Bonchev–Trinajstić information content (AvgIpc) is 3.82. The van der Waals surface area contributed by atoms with Crippen molar-refractivity contribution in [3.8, 4) is 23.0 Å². The SMILES string of the molecule is COc1cc2c(Oc3ccc(NC(=O)C4(C(=O)Nc5ccc(F)cc5)CC4)cc3F)ccnc2cc1OCCCCC(=O)O.[H-].[Li+]. The van der Waals surface area contributed by atoms with Gasteiger partial charge in [-0.15, -0.1) is 0 Å². The number of carbonyl (C=O) groups is 3. The number of hydrogen-bond acceptors (Lipinski definition) is 7. The van der Waals surface area contributed by atoms with Crippen LogP contribution in [0.5, 0.6) is 23.0 Å². The summed E-state index contributed by atoms with van der Waals surface area (Å²) in [5.41, 5.74) is -0.286. The van der Waals surface area contributed by atoms with E-state index in [-0.39, 0.29) is 38.1 Å². The summed E-state index contributed by atoms with van der Waals surface area (Å²) in [6.45, 7) is 0.291. The Bertz CT molecular complexity index is 1720. The summed E-state index contributed by atoms with van der Waals surface area (Å²) in [5.74, 6) is -2.15. The molecule has 0 radical (unpaired) electrons. The molecule has 13 heteroatoms. The van der Waals surface area contributed by atoms with Gasteiger partial charge in [0, 0.05) is 41.5 Å². The number of ether oxygens (including phenoxy) is 3. The van der Waals surface area contributed by atoms with Crippen LogP contribution in [-0.2, 0) is 14.4 Å². The second-order valence-corrected chi connectivity index (χ2v) is 10.3. The van der Waals surface area contributed by atoms with Crippen LogP contribution < -0.4 is 43.7 Å². The second kappa shape index (κ2) is 14.4. The largest absolute Gasteiger partial charge is 1.00 e. The minimum atomic E-state index is -1.30. The summed E-state index contributed by atoms with van der Waals surface area (Å²) in [6.07, 6.45) is 3.23. The topological polar surface area (TPSA) is 136 Å². The molecule has 1 saturated carbocycles. The molecular formula is C32H30F2LiN3O7. The van der Waals surface area contributed by atoms with E-state index in [0.717, 1.165) is 6.07 Å². The normalized spacial score (nSPS) is 12.9. The molecule has 0 saturated heterocycles. The fourth-order valence-electron chi connectivity index (χ4n) is 4.55. The molecule has 230 valence electrons. The number of anilines is 2. The van der Waals surface area contributed by atoms with Crippen molar-refractivity contribution >= 4 is 40.1 Å². The van der Waals surface area contributed by atoms with Crippen molar-refractivity contribution < 1.29 is 62.8 Å². The number of halogens is 2. The zero-order valence-electron chi connectivity index (χ0n) is 25.7. The standard InChI is InChI=1S/C32H29F2N3O7.Li.H/c1-42-27-17-22-24(18-28(27)43-15-3-2-4-29(38)39)35-14-11-25(22)44-26-10-9-21(16-23(26)34)37-31(41)32(12-13-32)30(40)36-20-7-5-19(33)6-8-20;;/h5-11,14,16-18H,2-4,12-13,15H2,1H3,(H,36,40)(H,37,41)(H,38,39);;/q;+1;-1. The third-order valence-electron chi connectivity index (χ3n) is 7.16. The Labute approximate surface area is 270 Å². The summed E-state index contributed by atoms with van der Waals surface area (Å²) in [7, 11) is 1.47. The number of aliphatic carboxylic acids is 1. The van der Waals surface area contributed by atoms with Gasteiger partial charge in [0.15, 0.2) is 23.1 Å². The zero-order chi connectivity index (χ0) is 31.3. The number of aromatic nitrogens is 1. The number of pyridine rings is 1. The van der Waals surface area contributed by atoms with Gasteiger partial charge < -0.3 is 31.4 Å². The number of carboxylic acid groups (broad SMARTS) is 1. The number of benzene rings is 3. The van der Waals surface area contributed by atoms with E-state index in [1.54, 1.807) is 18.2 Å². The van der Waals surface area contributed by atoms with Gasteiger partial charge in [-0.2, -0.15) is 0 Å². The molecule has 3 aromatic carbocycles. The molecule has 10 nitrogen and oxygen atoms in total. The third-order valence-corrected chi connectivity index (χ3v) is 7.16. The van der Waals surface area contributed by atoms with E-state index < -0.39 is 34.8 Å². The number of nitrogens with zero attached hydrogens (tertiary/aromatic N) is 1. The summed E-state index contributed by atoms with van der Waals surface area (Å²) >= 11 is 0. The van der Waals surface area contributed by atoms with Crippen LogP contribution in [0.25, 0.3) is 10.9 Å². The van der Waals surface area contributed by atoms with Crippen LogP contribution in [0.3, 0.4) is 0 Å². The van der Waals surface area contributed by atoms with Gasteiger partial charge in [0.25, 0.3) is 0 Å². The van der Waals surface area contributed by atoms with E-state index in [2.05, 4.69) is 15.6 Å². The monoisotopic (exact) mass is 613 g/mol. The number of methoxy groups -OCH3 is 1. The van der Waals surface area contributed by atoms with Crippen LogP contribution in [-0.4, -0.2) is 41.6 Å². The van der Waals surface area contributed by atoms with E-state index in [1.807, 2.05) is 0 Å². The Morgan fingerprint density at radius 2 is 1.58 bits per heavy atom. The molecule has 1 aliphatic rings. The molecule has 5 rings (SSSR count). The molecule has 4 aromatic rings. The number of carbonyl (C=O) groups excluding carboxylic acids is 2. The first-order chi connectivity index (χ1) is 21.2. The first-order valence-electron chi connectivity index (χ1n) is 13.9. The van der Waals surface area contributed by atoms with Crippen LogP contribution in [0, 0.1) is 17.0 Å². The van der Waals surface area contributed by atoms with E-state index >= 15 is 4.39 Å². The van der Waals surface area contributed by atoms with Crippen LogP contribution in [0.15, 0.2) is 66.9 Å². The van der Waals surface area contributed by atoms with Gasteiger partial charge >= 0.3 is 24.8 Å². The smallest absolute Gasteiger partial charge is 1.00 e. The van der Waals surface area contributed by atoms with E-state index in [4.69, 9.17) is 19.3 Å². The molecule has 45 heavy (non-hydrogen) atoms. The van der Waals surface area contributed by atoms with Crippen LogP contribution in [0.1, 0.15) is 33.5 Å². The van der Waals surface area contributed by atoms with E-state index in [0.29, 0.717) is 66.1 Å². The number of fused-ring (bicyclic) bond motifs is 1. The number of carboxylic acids is 1. The first kappa shape index (κ1) is 33.2. The Kier molecular flexibility index (Phi) is 10.6. The number of amides is 2. The summed E-state index contributed by atoms with van der Waals surface area (Å²) in [5, 5.41) is 14.5. The minimum Gasteiger partial charge on any atom is -1.00 e. The second-order valence-electron chi connectivity index (χ2n) is 10.3. The number of nitrogens with one attached hydrogen (secondary N) is 2. The van der Waals surface area contributed by atoms with Gasteiger partial charge in [-0.3, -0.25) is 19.4 Å². The molecular weight excluding hydrogens is 583 g/mol. The maximum absolute atomic E-state index is 15.2. The summed E-state index contributed by atoms with van der Waals surface area (Å²) < 4.78 is 45.4. The molecule has 0 bridgehead atoms. The summed E-state index contributed by atoms with van der Waals surface area (Å²) in [6, 6.07) is 14.0. The quantitative estimate of drug-likeness (QED) is 0.119. The fourth-order valence-corrected chi connectivity index (χ4v) is 4.55. The molecule has 0 unspecified atom stereocenters. The Hall–Kier alpha value is -4.66. The zero-order valence-corrected chi connectivity index (χ0v) is 24.7. The van der Waals surface area contributed by atoms with Crippen LogP contribution >= 0.6 is 0 Å². The van der Waals surface area contributed by atoms with Crippen LogP contribution in [0.2, 0.25) is 0 Å². The predicted molar refractivity (Wildman–Crippen MR) is 158 cm³/mol. The molecule has 0 atom stereocenters. The van der Waals surface area contributed by atoms with Gasteiger partial charge in [0.05, 0.1) is 19.2 Å². The van der Waals surface area contributed by atoms with Gasteiger partial charge in [-0.05, 0) is 74.2 Å². The van der Waals surface area contributed by atoms with Gasteiger partial charge in [-0.25, -0.2) is 8.78 Å². The maximum Gasteiger partial charge on any atom is 1.00 e. The van der Waals surface area contributed by atoms with Gasteiger partial charge in [0.1, 0.15) is 17.0 Å². The Balaban J connectivity index is 0.00000288. The van der Waals surface area contributed by atoms with Crippen molar-refractivity contribution in [2.45, 2.75) is 32.1 Å². The number of hydrogen-bond donors (Lipinski definition) is 3. The van der Waals surface area contributed by atoms with Crippen molar-refractivity contribution in [1.82, 2.24) is 4.98 Å². The number of unbranched alkanes of at least 4 members (excludes halogenated alkanes) is 1. The van der Waals surface area contributed by atoms with Crippen molar-refractivity contribution in [3.63, 3.8) is 0 Å². The first-order valence-corrected chi connectivity index (χ1v) is 13.9. The molecule has 3 N–H and O–H groups in total.